The van der Waals surface area contributed by atoms with E-state index in [0.29, 0.717) is 18.7 Å². The van der Waals surface area contributed by atoms with E-state index in [2.05, 4.69) is 5.32 Å². The van der Waals surface area contributed by atoms with E-state index < -0.39 is 5.54 Å². The lowest BCUT2D eigenvalue weighted by atomic mass is 9.97. The van der Waals surface area contributed by atoms with Crippen LogP contribution in [0.15, 0.2) is 30.3 Å². The van der Waals surface area contributed by atoms with Crippen molar-refractivity contribution in [2.75, 3.05) is 13.1 Å². The van der Waals surface area contributed by atoms with Crippen LogP contribution in [-0.2, 0) is 9.59 Å². The normalized spacial score (nSPS) is 17.5. The average Bonchev–Trinajstić information content (AvgIpc) is 2.42. The molecule has 1 heterocycles. The predicted octanol–water partition coefficient (Wildman–Crippen LogP) is 0.996. The molecule has 106 valence electrons. The Labute approximate surface area is 118 Å². The predicted molar refractivity (Wildman–Crippen MR) is 74.2 cm³/mol. The first-order valence-electron chi connectivity index (χ1n) is 6.60. The molecule has 1 aromatic rings. The molecule has 0 bridgehead atoms. The molecule has 5 heteroatoms. The third kappa shape index (κ3) is 2.71. The highest BCUT2D eigenvalue weighted by atomic mass is 16.2. The molecule has 20 heavy (non-hydrogen) atoms. The molecular weight excluding hydrogens is 256 g/mol. The van der Waals surface area contributed by atoms with Crippen LogP contribution in [0.3, 0.4) is 0 Å². The summed E-state index contributed by atoms with van der Waals surface area (Å²) in [6, 6.07) is 8.70. The molecule has 0 unspecified atom stereocenters. The fraction of sp³-hybridized carbons (Fsp3) is 0.400. The van der Waals surface area contributed by atoms with E-state index in [1.165, 1.54) is 4.90 Å². The first kappa shape index (κ1) is 14.2. The highest BCUT2D eigenvalue weighted by molar-refractivity contribution is 6.08. The summed E-state index contributed by atoms with van der Waals surface area (Å²) in [5.74, 6) is -0.722. The molecule has 0 saturated carbocycles. The highest BCUT2D eigenvalue weighted by Crippen LogP contribution is 2.19. The fourth-order valence-corrected chi connectivity index (χ4v) is 2.29. The van der Waals surface area contributed by atoms with Gasteiger partial charge >= 0.3 is 0 Å². The molecule has 2 amide bonds. The second-order valence-electron chi connectivity index (χ2n) is 5.33. The van der Waals surface area contributed by atoms with E-state index >= 15 is 0 Å². The number of nitrogens with zero attached hydrogens (tertiary/aromatic N) is 1. The largest absolute Gasteiger partial charge is 0.352 e. The van der Waals surface area contributed by atoms with E-state index in [1.807, 2.05) is 6.07 Å². The zero-order chi connectivity index (χ0) is 14.8. The van der Waals surface area contributed by atoms with Gasteiger partial charge in [0, 0.05) is 18.7 Å². The summed E-state index contributed by atoms with van der Waals surface area (Å²) in [6.45, 7) is 4.23. The minimum atomic E-state index is -0.910. The molecule has 1 aromatic carbocycles. The lowest BCUT2D eigenvalue weighted by Gasteiger charge is -2.41. The number of nitrogens with one attached hydrogen (secondary N) is 1. The average molecular weight is 274 g/mol. The summed E-state index contributed by atoms with van der Waals surface area (Å²) in [5, 5.41) is 2.72. The van der Waals surface area contributed by atoms with Gasteiger partial charge in [0.1, 0.15) is 5.54 Å². The molecule has 1 aliphatic rings. The van der Waals surface area contributed by atoms with Crippen LogP contribution in [0.4, 0.5) is 0 Å². The maximum atomic E-state index is 12.3. The van der Waals surface area contributed by atoms with Gasteiger partial charge in [-0.3, -0.25) is 14.4 Å². The number of benzene rings is 1. The van der Waals surface area contributed by atoms with Gasteiger partial charge in [-0.1, -0.05) is 30.3 Å². The number of amides is 2. The number of ketones is 1. The smallest absolute Gasteiger partial charge is 0.245 e. The van der Waals surface area contributed by atoms with Crippen molar-refractivity contribution < 1.29 is 14.4 Å². The summed E-state index contributed by atoms with van der Waals surface area (Å²) in [5.41, 5.74) is -0.396. The maximum Gasteiger partial charge on any atom is 0.245 e. The van der Waals surface area contributed by atoms with Crippen LogP contribution in [0.2, 0.25) is 0 Å². The summed E-state index contributed by atoms with van der Waals surface area (Å²) in [4.78, 5) is 37.6. The number of hydrogen-bond acceptors (Lipinski definition) is 3. The quantitative estimate of drug-likeness (QED) is 0.660. The Morgan fingerprint density at radius 2 is 1.90 bits per heavy atom. The molecule has 0 atom stereocenters. The van der Waals surface area contributed by atoms with Crippen molar-refractivity contribution >= 4 is 17.6 Å². The Morgan fingerprint density at radius 1 is 1.25 bits per heavy atom. The van der Waals surface area contributed by atoms with Gasteiger partial charge in [0.15, 0.2) is 5.78 Å². The van der Waals surface area contributed by atoms with Crippen molar-refractivity contribution in [1.82, 2.24) is 10.2 Å². The Bertz CT molecular complexity index is 537. The molecule has 1 aliphatic heterocycles. The van der Waals surface area contributed by atoms with Crippen LogP contribution in [0.1, 0.15) is 30.6 Å². The number of rotatable bonds is 3. The Morgan fingerprint density at radius 3 is 2.55 bits per heavy atom. The zero-order valence-corrected chi connectivity index (χ0v) is 11.7. The van der Waals surface area contributed by atoms with Gasteiger partial charge in [-0.05, 0) is 13.8 Å². The third-order valence-corrected chi connectivity index (χ3v) is 3.56. The Hall–Kier alpha value is -2.17. The van der Waals surface area contributed by atoms with Gasteiger partial charge in [-0.15, -0.1) is 0 Å². The molecular formula is C15H18N2O3. The Balaban J connectivity index is 2.08. The number of carbonyl (C=O) groups excluding carboxylic acids is 3. The van der Waals surface area contributed by atoms with Crippen LogP contribution in [-0.4, -0.2) is 41.1 Å². The van der Waals surface area contributed by atoms with Crippen molar-refractivity contribution in [3.8, 4) is 0 Å². The van der Waals surface area contributed by atoms with E-state index in [9.17, 15) is 14.4 Å². The molecule has 0 radical (unpaired) electrons. The van der Waals surface area contributed by atoms with E-state index in [-0.39, 0.29) is 24.0 Å². The minimum absolute atomic E-state index is 0.190. The first-order valence-corrected chi connectivity index (χ1v) is 6.60. The van der Waals surface area contributed by atoms with Crippen LogP contribution in [0.5, 0.6) is 0 Å². The molecule has 5 nitrogen and oxygen atoms in total. The van der Waals surface area contributed by atoms with E-state index in [0.717, 1.165) is 0 Å². The fourth-order valence-electron chi connectivity index (χ4n) is 2.29. The van der Waals surface area contributed by atoms with Crippen LogP contribution >= 0.6 is 0 Å². The van der Waals surface area contributed by atoms with Crippen molar-refractivity contribution in [3.63, 3.8) is 0 Å². The SMILES string of the molecule is CC1(C)C(=O)NCCN1C(=O)CC(=O)c1ccccc1. The zero-order valence-electron chi connectivity index (χ0n) is 11.7. The number of carbonyl (C=O) groups is 3. The van der Waals surface area contributed by atoms with Gasteiger partial charge in [0.2, 0.25) is 11.8 Å². The maximum absolute atomic E-state index is 12.3. The number of Topliss-reactive ketones (excluding diaryl/α,β-unsaturated/α-hetero) is 1. The van der Waals surface area contributed by atoms with E-state index in [4.69, 9.17) is 0 Å². The highest BCUT2D eigenvalue weighted by Gasteiger charge is 2.40. The van der Waals surface area contributed by atoms with Gasteiger partial charge < -0.3 is 10.2 Å². The summed E-state index contributed by atoms with van der Waals surface area (Å²) < 4.78 is 0. The topological polar surface area (TPSA) is 66.5 Å². The van der Waals surface area contributed by atoms with Crippen molar-refractivity contribution in [1.29, 1.82) is 0 Å². The second kappa shape index (κ2) is 5.45. The van der Waals surface area contributed by atoms with Gasteiger partial charge in [0.25, 0.3) is 0 Å². The summed E-state index contributed by atoms with van der Waals surface area (Å²) >= 11 is 0. The molecule has 1 N–H and O–H groups in total. The lowest BCUT2D eigenvalue weighted by molar-refractivity contribution is -0.148. The van der Waals surface area contributed by atoms with Crippen LogP contribution < -0.4 is 5.32 Å². The second-order valence-corrected chi connectivity index (χ2v) is 5.33. The molecule has 0 spiro atoms. The summed E-state index contributed by atoms with van der Waals surface area (Å²) in [7, 11) is 0. The van der Waals surface area contributed by atoms with Crippen molar-refractivity contribution in [2.45, 2.75) is 25.8 Å². The number of hydrogen-bond donors (Lipinski definition) is 1. The monoisotopic (exact) mass is 274 g/mol. The lowest BCUT2D eigenvalue weighted by Crippen LogP contribution is -2.63. The molecule has 0 aliphatic carbocycles. The minimum Gasteiger partial charge on any atom is -0.352 e. The van der Waals surface area contributed by atoms with Gasteiger partial charge in [0.05, 0.1) is 6.42 Å². The molecule has 1 saturated heterocycles. The van der Waals surface area contributed by atoms with Gasteiger partial charge in [-0.2, -0.15) is 0 Å². The first-order chi connectivity index (χ1) is 9.43. The van der Waals surface area contributed by atoms with Crippen LogP contribution in [0.25, 0.3) is 0 Å². The van der Waals surface area contributed by atoms with Crippen molar-refractivity contribution in [2.24, 2.45) is 0 Å². The van der Waals surface area contributed by atoms with E-state index in [1.54, 1.807) is 38.1 Å². The van der Waals surface area contributed by atoms with Gasteiger partial charge in [-0.25, -0.2) is 0 Å². The third-order valence-electron chi connectivity index (χ3n) is 3.56. The Kier molecular flexibility index (Phi) is 3.88. The molecule has 2 rings (SSSR count). The standard InChI is InChI=1S/C15H18N2O3/c1-15(2)14(20)16-8-9-17(15)13(19)10-12(18)11-6-4-3-5-7-11/h3-7H,8-10H2,1-2H3,(H,16,20). The summed E-state index contributed by atoms with van der Waals surface area (Å²) in [6.07, 6.45) is -0.208. The van der Waals surface area contributed by atoms with Crippen molar-refractivity contribution in [3.05, 3.63) is 35.9 Å². The molecule has 0 aromatic heterocycles. The number of piperazine rings is 1. The molecule has 1 fully saturated rings. The van der Waals surface area contributed by atoms with Crippen LogP contribution in [0, 0.1) is 0 Å².